The Kier molecular flexibility index (Phi) is 7.76. The van der Waals surface area contributed by atoms with Crippen LogP contribution in [0.3, 0.4) is 0 Å². The Bertz CT molecular complexity index is 141. The van der Waals surface area contributed by atoms with Gasteiger partial charge >= 0.3 is 32.3 Å². The zero-order valence-corrected chi connectivity index (χ0v) is 8.87. The van der Waals surface area contributed by atoms with Crippen LogP contribution in [-0.2, 0) is 4.47 Å². The van der Waals surface area contributed by atoms with E-state index in [1.54, 1.807) is 0 Å². The predicted molar refractivity (Wildman–Crippen MR) is 26.7 cm³/mol. The third-order valence-corrected chi connectivity index (χ3v) is 0.607. The summed E-state index contributed by atoms with van der Waals surface area (Å²) < 4.78 is 17.2. The van der Waals surface area contributed by atoms with Gasteiger partial charge in [-0.05, 0) is 0 Å². The molecule has 0 unspecified atom stereocenters. The fourth-order valence-corrected chi connectivity index (χ4v) is 0.342. The predicted octanol–water partition coefficient (Wildman–Crippen LogP) is 1.25. The van der Waals surface area contributed by atoms with Crippen molar-refractivity contribution in [2.24, 2.45) is 0 Å². The van der Waals surface area contributed by atoms with Gasteiger partial charge in [0, 0.05) is 0 Å². The summed E-state index contributed by atoms with van der Waals surface area (Å²) in [5.74, 6) is 0. The maximum absolute atomic E-state index is 8.58. The molecule has 1 rings (SSSR count). The Hall–Kier alpha value is -0.128. The average Bonchev–Trinajstić information content (AvgIpc) is 1.93. The summed E-state index contributed by atoms with van der Waals surface area (Å²) in [4.78, 5) is 0. The van der Waals surface area contributed by atoms with Gasteiger partial charge in [0.1, 0.15) is 0 Å². The molecule has 0 bridgehead atoms. The Morgan fingerprint density at radius 3 is 1.56 bits per heavy atom. The summed E-state index contributed by atoms with van der Waals surface area (Å²) in [7, 11) is 0. The maximum atomic E-state index is 8.58. The summed E-state index contributed by atoms with van der Waals surface area (Å²) in [5, 5.41) is 0. The normalized spacial score (nSPS) is 6.22. The molecule has 0 heterocycles. The first kappa shape index (κ1) is 8.87. The summed E-state index contributed by atoms with van der Waals surface area (Å²) in [6.45, 7) is 0. The van der Waals surface area contributed by atoms with Gasteiger partial charge in [0.25, 0.3) is 0 Å². The van der Waals surface area contributed by atoms with Gasteiger partial charge in [0.15, 0.2) is 0 Å². The first-order valence-electron chi connectivity index (χ1n) is 2.32. The molecular weight excluding hydrogens is 342 g/mol. The molecule has 0 amide bonds. The van der Waals surface area contributed by atoms with E-state index in [4.69, 9.17) is 4.47 Å². The maximum Gasteiger partial charge on any atom is -0.171 e. The summed E-state index contributed by atoms with van der Waals surface area (Å²) >= 11 is -2.51. The Labute approximate surface area is 68.5 Å². The topological polar surface area (TPSA) is 34.1 Å². The second-order valence-electron chi connectivity index (χ2n) is 1.16. The van der Waals surface area contributed by atoms with Gasteiger partial charge < -0.3 is 0 Å². The standard InChI is InChI=1S/C6H5.2O.U/c1-2-4-6-5-3-1;;;/h1-5H;;;/q-1;;;. The minimum atomic E-state index is -2.51. The summed E-state index contributed by atoms with van der Waals surface area (Å²) in [5.41, 5.74) is 0. The molecular formula is C6H5O2U-. The molecule has 2 nitrogen and oxygen atoms in total. The third kappa shape index (κ3) is 7.87. The first-order valence-corrected chi connectivity index (χ1v) is 5.72. The number of hydrogen-bond donors (Lipinski definition) is 0. The van der Waals surface area contributed by atoms with E-state index in [-0.39, 0.29) is 0 Å². The monoisotopic (exact) mass is 347 g/mol. The molecule has 0 fully saturated rings. The molecule has 0 radical (unpaired) electrons. The van der Waals surface area contributed by atoms with E-state index in [1.165, 1.54) is 0 Å². The van der Waals surface area contributed by atoms with Crippen molar-refractivity contribution in [3.63, 3.8) is 0 Å². The van der Waals surface area contributed by atoms with Gasteiger partial charge in [-0.2, -0.15) is 36.4 Å². The van der Waals surface area contributed by atoms with Crippen LogP contribution in [0.5, 0.6) is 0 Å². The molecule has 46 valence electrons. The van der Waals surface area contributed by atoms with Crippen molar-refractivity contribution in [3.05, 3.63) is 36.4 Å². The Morgan fingerprint density at radius 1 is 1.00 bits per heavy atom. The molecule has 0 atom stereocenters. The largest absolute Gasteiger partial charge is 0.184 e. The minimum absolute atomic E-state index is 1.88. The fraction of sp³-hybridized carbons (Fsp3) is 0. The summed E-state index contributed by atoms with van der Waals surface area (Å²) in [6.07, 6.45) is 0. The van der Waals surface area contributed by atoms with Crippen LogP contribution in [-0.4, -0.2) is 0 Å². The molecule has 9 heavy (non-hydrogen) atoms. The summed E-state index contributed by atoms with van der Waals surface area (Å²) in [6, 6.07) is 12.5. The second kappa shape index (κ2) is 7.87. The van der Waals surface area contributed by atoms with E-state index >= 15 is 0 Å². The van der Waals surface area contributed by atoms with E-state index in [2.05, 4.69) is 6.07 Å². The van der Waals surface area contributed by atoms with Gasteiger partial charge in [-0.3, -0.25) is 0 Å². The minimum Gasteiger partial charge on any atom is -0.184 e. The van der Waals surface area contributed by atoms with Gasteiger partial charge in [-0.15, -0.1) is 0 Å². The van der Waals surface area contributed by atoms with E-state index in [1.807, 2.05) is 30.3 Å². The van der Waals surface area contributed by atoms with Crippen LogP contribution in [0.25, 0.3) is 0 Å². The zero-order chi connectivity index (χ0) is 6.95. The fourth-order valence-electron chi connectivity index (χ4n) is 0.342. The number of rotatable bonds is 0. The third-order valence-electron chi connectivity index (χ3n) is 0.607. The van der Waals surface area contributed by atoms with Crippen LogP contribution in [0.4, 0.5) is 0 Å². The van der Waals surface area contributed by atoms with Crippen LogP contribution in [0.1, 0.15) is 0 Å². The molecule has 0 aliphatic heterocycles. The number of hydrogen-bond acceptors (Lipinski definition) is 2. The van der Waals surface area contributed by atoms with Crippen LogP contribution in [0.15, 0.2) is 30.3 Å². The smallest absolute Gasteiger partial charge is 0.171 e. The van der Waals surface area contributed by atoms with Crippen molar-refractivity contribution in [1.82, 2.24) is 0 Å². The SMILES string of the molecule is [O]=[U]=[O].[c-]1ccccc1. The van der Waals surface area contributed by atoms with Gasteiger partial charge in [0.05, 0.1) is 0 Å². The van der Waals surface area contributed by atoms with E-state index in [0.717, 1.165) is 0 Å². The molecule has 0 spiro atoms. The zero-order valence-electron chi connectivity index (χ0n) is 4.70. The van der Waals surface area contributed by atoms with Crippen LogP contribution >= 0.6 is 0 Å². The molecule has 3 heteroatoms. The molecule has 0 saturated heterocycles. The molecule has 0 aromatic heterocycles. The second-order valence-corrected chi connectivity index (χ2v) is 1.85. The van der Waals surface area contributed by atoms with Crippen LogP contribution in [0, 0.1) is 33.9 Å². The van der Waals surface area contributed by atoms with Crippen molar-refractivity contribution >= 4 is 0 Å². The van der Waals surface area contributed by atoms with Gasteiger partial charge in [0.2, 0.25) is 0 Å². The molecule has 1 aromatic rings. The van der Waals surface area contributed by atoms with Gasteiger partial charge in [-0.1, -0.05) is 0 Å². The Morgan fingerprint density at radius 2 is 1.44 bits per heavy atom. The average molecular weight is 347 g/mol. The Balaban J connectivity index is 0.000000187. The van der Waals surface area contributed by atoms with Crippen molar-refractivity contribution in [2.75, 3.05) is 0 Å². The number of benzene rings is 1. The van der Waals surface area contributed by atoms with Crippen molar-refractivity contribution < 1.29 is 32.3 Å². The van der Waals surface area contributed by atoms with E-state index in [9.17, 15) is 0 Å². The molecule has 1 aromatic carbocycles. The van der Waals surface area contributed by atoms with E-state index in [0.29, 0.717) is 0 Å². The van der Waals surface area contributed by atoms with Crippen LogP contribution in [0.2, 0.25) is 0 Å². The quantitative estimate of drug-likeness (QED) is 0.662. The van der Waals surface area contributed by atoms with Crippen molar-refractivity contribution in [2.45, 2.75) is 0 Å². The van der Waals surface area contributed by atoms with E-state index < -0.39 is 27.8 Å². The molecule has 0 N–H and O–H groups in total. The van der Waals surface area contributed by atoms with Gasteiger partial charge in [-0.25, -0.2) is 0 Å². The first-order chi connectivity index (χ1) is 4.41. The molecule has 0 aliphatic rings. The van der Waals surface area contributed by atoms with Crippen LogP contribution < -0.4 is 0 Å². The van der Waals surface area contributed by atoms with Crippen molar-refractivity contribution in [3.8, 4) is 0 Å². The molecule has 0 saturated carbocycles. The molecule has 0 aliphatic carbocycles. The van der Waals surface area contributed by atoms with Crippen molar-refractivity contribution in [1.29, 1.82) is 0 Å².